The monoisotopic (exact) mass is 336 g/mol. The molecular formula is C14H20BF3O5. The van der Waals surface area contributed by atoms with Crippen molar-refractivity contribution in [2.45, 2.75) is 64.5 Å². The lowest BCUT2D eigenvalue weighted by molar-refractivity contribution is -0.263. The third-order valence-corrected chi connectivity index (χ3v) is 5.13. The quantitative estimate of drug-likeness (QED) is 0.786. The van der Waals surface area contributed by atoms with Crippen molar-refractivity contribution < 1.29 is 37.1 Å². The highest BCUT2D eigenvalue weighted by Gasteiger charge is 2.66. The van der Waals surface area contributed by atoms with Crippen LogP contribution in [0, 0.1) is 5.92 Å². The molecule has 0 bridgehead atoms. The van der Waals surface area contributed by atoms with Gasteiger partial charge in [-0.15, -0.1) is 0 Å². The molecule has 0 amide bonds. The van der Waals surface area contributed by atoms with Crippen molar-refractivity contribution in [1.29, 1.82) is 0 Å². The standard InChI is InChI=1S/C14H20BF3O5/c1-7-8(15-22-11(2,3)12(4,5)23-15)9(10(19)20)21-13(7,6)14(16,17)18/h7H,1-6H3,(H,19,20)/t7-,13+/m0/s1. The number of carboxylic acids is 1. The van der Waals surface area contributed by atoms with E-state index in [0.717, 1.165) is 6.92 Å². The number of hydrogen-bond acceptors (Lipinski definition) is 4. The molecule has 0 unspecified atom stereocenters. The van der Waals surface area contributed by atoms with Crippen LogP contribution >= 0.6 is 0 Å². The minimum Gasteiger partial charge on any atom is -0.475 e. The number of carbonyl (C=O) groups is 1. The second-order valence-electron chi connectivity index (χ2n) is 7.11. The predicted molar refractivity (Wildman–Crippen MR) is 75.5 cm³/mol. The molecule has 0 aliphatic carbocycles. The van der Waals surface area contributed by atoms with E-state index >= 15 is 0 Å². The van der Waals surface area contributed by atoms with E-state index in [1.54, 1.807) is 27.7 Å². The second-order valence-corrected chi connectivity index (χ2v) is 7.11. The van der Waals surface area contributed by atoms with E-state index in [9.17, 15) is 23.1 Å². The average molecular weight is 336 g/mol. The van der Waals surface area contributed by atoms with Crippen molar-refractivity contribution in [3.63, 3.8) is 0 Å². The fourth-order valence-corrected chi connectivity index (χ4v) is 2.60. The van der Waals surface area contributed by atoms with Gasteiger partial charge >= 0.3 is 19.3 Å². The van der Waals surface area contributed by atoms with Crippen LogP contribution in [-0.2, 0) is 18.8 Å². The summed E-state index contributed by atoms with van der Waals surface area (Å²) >= 11 is 0. The molecule has 2 aliphatic heterocycles. The smallest absolute Gasteiger partial charge is 0.475 e. The lowest BCUT2D eigenvalue weighted by atomic mass is 9.67. The van der Waals surface area contributed by atoms with Crippen molar-refractivity contribution in [1.82, 2.24) is 0 Å². The lowest BCUT2D eigenvalue weighted by Gasteiger charge is -2.32. The Bertz CT molecular complexity index is 553. The lowest BCUT2D eigenvalue weighted by Crippen LogP contribution is -2.48. The van der Waals surface area contributed by atoms with Gasteiger partial charge in [0.05, 0.1) is 11.2 Å². The molecule has 0 aromatic carbocycles. The number of alkyl halides is 3. The SMILES string of the molecule is C[C@H]1C(B2OC(C)(C)C(C)(C)O2)=C(C(=O)O)O[C@@]1(C)C(F)(F)F. The Kier molecular flexibility index (Phi) is 3.86. The number of ether oxygens (including phenoxy) is 1. The summed E-state index contributed by atoms with van der Waals surface area (Å²) in [5.41, 5.74) is -4.37. The van der Waals surface area contributed by atoms with E-state index in [-0.39, 0.29) is 5.47 Å². The molecule has 130 valence electrons. The normalized spacial score (nSPS) is 33.1. The Morgan fingerprint density at radius 1 is 1.13 bits per heavy atom. The molecule has 0 saturated carbocycles. The summed E-state index contributed by atoms with van der Waals surface area (Å²) in [6, 6.07) is 0. The number of carboxylic acid groups (broad SMARTS) is 1. The summed E-state index contributed by atoms with van der Waals surface area (Å²) in [7, 11) is -1.20. The van der Waals surface area contributed by atoms with Crippen molar-refractivity contribution in [2.24, 2.45) is 5.92 Å². The Labute approximate surface area is 132 Å². The molecule has 0 spiro atoms. The maximum atomic E-state index is 13.4. The summed E-state index contributed by atoms with van der Waals surface area (Å²) in [5, 5.41) is 9.26. The van der Waals surface area contributed by atoms with Gasteiger partial charge in [0.2, 0.25) is 11.4 Å². The Hall–Kier alpha value is -1.22. The Morgan fingerprint density at radius 2 is 1.57 bits per heavy atom. The van der Waals surface area contributed by atoms with Crippen molar-refractivity contribution in [2.75, 3.05) is 0 Å². The molecule has 2 heterocycles. The topological polar surface area (TPSA) is 65.0 Å². The summed E-state index contributed by atoms with van der Waals surface area (Å²) in [5.74, 6) is -3.59. The zero-order chi connectivity index (χ0) is 18.0. The molecule has 0 radical (unpaired) electrons. The first kappa shape index (κ1) is 18.1. The van der Waals surface area contributed by atoms with Gasteiger partial charge in [0.25, 0.3) is 0 Å². The maximum Gasteiger partial charge on any atom is 0.495 e. The summed E-state index contributed by atoms with van der Waals surface area (Å²) in [6.45, 7) is 9.03. The van der Waals surface area contributed by atoms with Gasteiger partial charge in [0.1, 0.15) is 0 Å². The fourth-order valence-electron chi connectivity index (χ4n) is 2.60. The number of hydrogen-bond donors (Lipinski definition) is 1. The fraction of sp³-hybridized carbons (Fsp3) is 0.786. The molecule has 1 fully saturated rings. The molecule has 1 N–H and O–H groups in total. The van der Waals surface area contributed by atoms with E-state index in [4.69, 9.17) is 14.0 Å². The molecule has 9 heteroatoms. The minimum atomic E-state index is -4.74. The van der Waals surface area contributed by atoms with E-state index < -0.39 is 47.7 Å². The second kappa shape index (κ2) is 4.89. The van der Waals surface area contributed by atoms with Crippen LogP contribution in [0.4, 0.5) is 13.2 Å². The average Bonchev–Trinajstić information content (AvgIpc) is 2.72. The molecular weight excluding hydrogens is 316 g/mol. The van der Waals surface area contributed by atoms with Crippen LogP contribution < -0.4 is 0 Å². The van der Waals surface area contributed by atoms with E-state index in [0.29, 0.717) is 0 Å². The van der Waals surface area contributed by atoms with Crippen LogP contribution in [0.1, 0.15) is 41.5 Å². The van der Waals surface area contributed by atoms with Gasteiger partial charge in [-0.1, -0.05) is 6.92 Å². The number of rotatable bonds is 2. The number of aliphatic carboxylic acids is 1. The van der Waals surface area contributed by atoms with Crippen LogP contribution in [0.25, 0.3) is 0 Å². The maximum absolute atomic E-state index is 13.4. The van der Waals surface area contributed by atoms with Crippen molar-refractivity contribution in [3.8, 4) is 0 Å². The zero-order valence-electron chi connectivity index (χ0n) is 13.9. The van der Waals surface area contributed by atoms with Gasteiger partial charge in [-0.2, -0.15) is 13.2 Å². The zero-order valence-corrected chi connectivity index (χ0v) is 13.9. The third kappa shape index (κ3) is 2.54. The van der Waals surface area contributed by atoms with Gasteiger partial charge < -0.3 is 19.2 Å². The highest BCUT2D eigenvalue weighted by Crippen LogP contribution is 2.52. The molecule has 2 rings (SSSR count). The largest absolute Gasteiger partial charge is 0.495 e. The molecule has 0 aromatic heterocycles. The molecule has 2 atom stereocenters. The predicted octanol–water partition coefficient (Wildman–Crippen LogP) is 2.94. The highest BCUT2D eigenvalue weighted by atomic mass is 19.4. The first-order valence-corrected chi connectivity index (χ1v) is 7.23. The van der Waals surface area contributed by atoms with Crippen LogP contribution in [0.15, 0.2) is 11.2 Å². The van der Waals surface area contributed by atoms with Crippen LogP contribution in [-0.4, -0.2) is 41.2 Å². The third-order valence-electron chi connectivity index (χ3n) is 5.13. The number of halogens is 3. The first-order valence-electron chi connectivity index (χ1n) is 7.23. The van der Waals surface area contributed by atoms with Crippen molar-refractivity contribution >= 4 is 13.1 Å². The van der Waals surface area contributed by atoms with E-state index in [1.807, 2.05) is 0 Å². The van der Waals surface area contributed by atoms with Crippen LogP contribution in [0.2, 0.25) is 0 Å². The summed E-state index contributed by atoms with van der Waals surface area (Å²) < 4.78 is 56.4. The Morgan fingerprint density at radius 3 is 1.91 bits per heavy atom. The van der Waals surface area contributed by atoms with Crippen molar-refractivity contribution in [3.05, 3.63) is 11.2 Å². The summed E-state index contributed by atoms with van der Waals surface area (Å²) in [6.07, 6.45) is -4.74. The molecule has 23 heavy (non-hydrogen) atoms. The molecule has 0 aromatic rings. The molecule has 2 aliphatic rings. The van der Waals surface area contributed by atoms with E-state index in [1.165, 1.54) is 6.92 Å². The van der Waals surface area contributed by atoms with Gasteiger partial charge in [-0.25, -0.2) is 4.79 Å². The molecule has 5 nitrogen and oxygen atoms in total. The first-order chi connectivity index (χ1) is 10.1. The highest BCUT2D eigenvalue weighted by molar-refractivity contribution is 6.55. The van der Waals surface area contributed by atoms with Crippen LogP contribution in [0.5, 0.6) is 0 Å². The van der Waals surface area contributed by atoms with Gasteiger partial charge in [0.15, 0.2) is 0 Å². The Balaban J connectivity index is 2.47. The van der Waals surface area contributed by atoms with E-state index in [2.05, 4.69) is 0 Å². The van der Waals surface area contributed by atoms with Gasteiger partial charge in [0, 0.05) is 11.4 Å². The molecule has 1 saturated heterocycles. The van der Waals surface area contributed by atoms with Crippen LogP contribution in [0.3, 0.4) is 0 Å². The minimum absolute atomic E-state index is 0.129. The summed E-state index contributed by atoms with van der Waals surface area (Å²) in [4.78, 5) is 11.4. The van der Waals surface area contributed by atoms with Gasteiger partial charge in [-0.05, 0) is 34.6 Å². The van der Waals surface area contributed by atoms with Gasteiger partial charge in [-0.3, -0.25) is 0 Å².